The molecular formula is C19H21ClN2O2. The van der Waals surface area contributed by atoms with Gasteiger partial charge in [0.05, 0.1) is 10.6 Å². The van der Waals surface area contributed by atoms with E-state index < -0.39 is 6.04 Å². The molecule has 0 saturated heterocycles. The van der Waals surface area contributed by atoms with Crippen LogP contribution in [-0.4, -0.2) is 29.8 Å². The largest absolute Gasteiger partial charge is 0.341 e. The van der Waals surface area contributed by atoms with Gasteiger partial charge in [-0.05, 0) is 31.5 Å². The molecule has 0 unspecified atom stereocenters. The van der Waals surface area contributed by atoms with Crippen molar-refractivity contribution >= 4 is 23.4 Å². The zero-order valence-electron chi connectivity index (χ0n) is 13.8. The zero-order chi connectivity index (χ0) is 17.5. The van der Waals surface area contributed by atoms with Crippen LogP contribution in [0, 0.1) is 0 Å². The van der Waals surface area contributed by atoms with Gasteiger partial charge in [0.25, 0.3) is 5.91 Å². The third-order valence-electron chi connectivity index (χ3n) is 3.85. The van der Waals surface area contributed by atoms with Gasteiger partial charge in [-0.25, -0.2) is 0 Å². The average molecular weight is 345 g/mol. The predicted octanol–water partition coefficient (Wildman–Crippen LogP) is 3.68. The summed E-state index contributed by atoms with van der Waals surface area (Å²) in [4.78, 5) is 27.1. The Bertz CT molecular complexity index is 700. The molecule has 2 aromatic carbocycles. The second kappa shape index (κ2) is 8.50. The Morgan fingerprint density at radius 2 is 1.58 bits per heavy atom. The monoisotopic (exact) mass is 344 g/mol. The number of amides is 2. The molecule has 24 heavy (non-hydrogen) atoms. The molecule has 0 aromatic heterocycles. The Morgan fingerprint density at radius 3 is 2.17 bits per heavy atom. The minimum atomic E-state index is -0.741. The number of nitrogens with zero attached hydrogens (tertiary/aromatic N) is 1. The number of carbonyl (C=O) groups excluding carboxylic acids is 2. The van der Waals surface area contributed by atoms with E-state index in [0.717, 1.165) is 5.56 Å². The van der Waals surface area contributed by atoms with E-state index in [0.29, 0.717) is 23.7 Å². The SMILES string of the molecule is CCN(CC)C(=O)[C@@H](NC(=O)c1ccccc1Cl)c1ccccc1. The molecule has 5 heteroatoms. The summed E-state index contributed by atoms with van der Waals surface area (Å²) in [6.07, 6.45) is 0. The molecule has 2 amide bonds. The summed E-state index contributed by atoms with van der Waals surface area (Å²) in [7, 11) is 0. The first-order valence-electron chi connectivity index (χ1n) is 7.97. The number of halogens is 1. The number of rotatable bonds is 6. The van der Waals surface area contributed by atoms with E-state index in [4.69, 9.17) is 11.6 Å². The Labute approximate surface area is 147 Å². The van der Waals surface area contributed by atoms with Crippen molar-refractivity contribution in [2.75, 3.05) is 13.1 Å². The second-order valence-corrected chi connectivity index (χ2v) is 5.71. The molecule has 0 bridgehead atoms. The van der Waals surface area contributed by atoms with E-state index >= 15 is 0 Å². The molecule has 1 N–H and O–H groups in total. The van der Waals surface area contributed by atoms with E-state index in [2.05, 4.69) is 5.32 Å². The van der Waals surface area contributed by atoms with Crippen LogP contribution in [0.25, 0.3) is 0 Å². The maximum Gasteiger partial charge on any atom is 0.253 e. The molecule has 0 saturated carbocycles. The maximum absolute atomic E-state index is 12.8. The lowest BCUT2D eigenvalue weighted by Gasteiger charge is -2.26. The smallest absolute Gasteiger partial charge is 0.253 e. The molecule has 2 rings (SSSR count). The first-order valence-corrected chi connectivity index (χ1v) is 8.35. The van der Waals surface area contributed by atoms with Crippen LogP contribution < -0.4 is 5.32 Å². The summed E-state index contributed by atoms with van der Waals surface area (Å²) in [6, 6.07) is 15.3. The third-order valence-corrected chi connectivity index (χ3v) is 4.18. The first-order chi connectivity index (χ1) is 11.6. The lowest BCUT2D eigenvalue weighted by molar-refractivity contribution is -0.133. The van der Waals surface area contributed by atoms with Crippen molar-refractivity contribution in [3.63, 3.8) is 0 Å². The van der Waals surface area contributed by atoms with Crippen LogP contribution in [0.15, 0.2) is 54.6 Å². The number of nitrogens with one attached hydrogen (secondary N) is 1. The molecule has 0 aliphatic carbocycles. The average Bonchev–Trinajstić information content (AvgIpc) is 2.61. The summed E-state index contributed by atoms with van der Waals surface area (Å²) < 4.78 is 0. The van der Waals surface area contributed by atoms with Crippen molar-refractivity contribution in [3.8, 4) is 0 Å². The normalized spacial score (nSPS) is 11.6. The molecule has 1 atom stereocenters. The van der Waals surface area contributed by atoms with Gasteiger partial charge in [0, 0.05) is 13.1 Å². The summed E-state index contributed by atoms with van der Waals surface area (Å²) in [5.74, 6) is -0.499. The molecule has 2 aromatic rings. The van der Waals surface area contributed by atoms with Crippen molar-refractivity contribution in [2.45, 2.75) is 19.9 Å². The molecule has 0 heterocycles. The number of hydrogen-bond donors (Lipinski definition) is 1. The molecule has 4 nitrogen and oxygen atoms in total. The predicted molar refractivity (Wildman–Crippen MR) is 96.0 cm³/mol. The van der Waals surface area contributed by atoms with Crippen molar-refractivity contribution in [1.29, 1.82) is 0 Å². The van der Waals surface area contributed by atoms with E-state index in [1.165, 1.54) is 0 Å². The van der Waals surface area contributed by atoms with Crippen molar-refractivity contribution in [3.05, 3.63) is 70.7 Å². The Balaban J connectivity index is 2.31. The molecule has 0 aliphatic rings. The second-order valence-electron chi connectivity index (χ2n) is 5.31. The standard InChI is InChI=1S/C19H21ClN2O2/c1-3-22(4-2)19(24)17(14-10-6-5-7-11-14)21-18(23)15-12-8-9-13-16(15)20/h5-13,17H,3-4H2,1-2H3,(H,21,23)/t17-/m0/s1. The highest BCUT2D eigenvalue weighted by atomic mass is 35.5. The topological polar surface area (TPSA) is 49.4 Å². The van der Waals surface area contributed by atoms with Gasteiger partial charge in [-0.15, -0.1) is 0 Å². The quantitative estimate of drug-likeness (QED) is 0.869. The van der Waals surface area contributed by atoms with Gasteiger partial charge in [0.2, 0.25) is 5.91 Å². The van der Waals surface area contributed by atoms with Crippen molar-refractivity contribution in [2.24, 2.45) is 0 Å². The van der Waals surface area contributed by atoms with Crippen LogP contribution in [0.4, 0.5) is 0 Å². The zero-order valence-corrected chi connectivity index (χ0v) is 14.6. The van der Waals surface area contributed by atoms with Gasteiger partial charge < -0.3 is 10.2 Å². The van der Waals surface area contributed by atoms with Gasteiger partial charge in [0.15, 0.2) is 0 Å². The summed E-state index contributed by atoms with van der Waals surface area (Å²) in [6.45, 7) is 5.00. The highest BCUT2D eigenvalue weighted by molar-refractivity contribution is 6.33. The van der Waals surface area contributed by atoms with E-state index in [-0.39, 0.29) is 11.8 Å². The molecule has 0 radical (unpaired) electrons. The number of hydrogen-bond acceptors (Lipinski definition) is 2. The molecule has 0 spiro atoms. The van der Waals surface area contributed by atoms with Gasteiger partial charge >= 0.3 is 0 Å². The van der Waals surface area contributed by atoms with Gasteiger partial charge in [-0.3, -0.25) is 9.59 Å². The van der Waals surface area contributed by atoms with Crippen LogP contribution in [-0.2, 0) is 4.79 Å². The molecule has 0 fully saturated rings. The maximum atomic E-state index is 12.8. The van der Waals surface area contributed by atoms with E-state index in [9.17, 15) is 9.59 Å². The Kier molecular flexibility index (Phi) is 6.38. The van der Waals surface area contributed by atoms with E-state index in [1.54, 1.807) is 29.2 Å². The molecular weight excluding hydrogens is 324 g/mol. The fourth-order valence-electron chi connectivity index (χ4n) is 2.51. The lowest BCUT2D eigenvalue weighted by Crippen LogP contribution is -2.43. The highest BCUT2D eigenvalue weighted by Crippen LogP contribution is 2.19. The fourth-order valence-corrected chi connectivity index (χ4v) is 2.73. The number of benzene rings is 2. The van der Waals surface area contributed by atoms with Crippen LogP contribution in [0.3, 0.4) is 0 Å². The minimum absolute atomic E-state index is 0.133. The Morgan fingerprint density at radius 1 is 1.00 bits per heavy atom. The van der Waals surface area contributed by atoms with Crippen LogP contribution in [0.2, 0.25) is 5.02 Å². The van der Waals surface area contributed by atoms with Crippen LogP contribution >= 0.6 is 11.6 Å². The Hall–Kier alpha value is -2.33. The van der Waals surface area contributed by atoms with Crippen LogP contribution in [0.5, 0.6) is 0 Å². The summed E-state index contributed by atoms with van der Waals surface area (Å²) in [5.41, 5.74) is 1.10. The summed E-state index contributed by atoms with van der Waals surface area (Å²) in [5, 5.41) is 3.18. The third kappa shape index (κ3) is 4.15. The van der Waals surface area contributed by atoms with Gasteiger partial charge in [-0.2, -0.15) is 0 Å². The number of carbonyl (C=O) groups is 2. The lowest BCUT2D eigenvalue weighted by atomic mass is 10.0. The summed E-state index contributed by atoms with van der Waals surface area (Å²) >= 11 is 6.09. The minimum Gasteiger partial charge on any atom is -0.341 e. The van der Waals surface area contributed by atoms with Crippen molar-refractivity contribution < 1.29 is 9.59 Å². The first kappa shape index (κ1) is 18.0. The van der Waals surface area contributed by atoms with Crippen LogP contribution in [0.1, 0.15) is 35.8 Å². The molecule has 126 valence electrons. The fraction of sp³-hybridized carbons (Fsp3) is 0.263. The number of likely N-dealkylation sites (N-methyl/N-ethyl adjacent to an activating group) is 1. The van der Waals surface area contributed by atoms with Gasteiger partial charge in [0.1, 0.15) is 6.04 Å². The highest BCUT2D eigenvalue weighted by Gasteiger charge is 2.27. The molecule has 0 aliphatic heterocycles. The van der Waals surface area contributed by atoms with Crippen molar-refractivity contribution in [1.82, 2.24) is 10.2 Å². The van der Waals surface area contributed by atoms with Gasteiger partial charge in [-0.1, -0.05) is 54.1 Å². The van der Waals surface area contributed by atoms with E-state index in [1.807, 2.05) is 44.2 Å².